The summed E-state index contributed by atoms with van der Waals surface area (Å²) in [4.78, 5) is 0. The molecule has 0 aromatic carbocycles. The number of rotatable bonds is 0. The zero-order valence-corrected chi connectivity index (χ0v) is 32.5. The molecule has 0 spiro atoms. The molecule has 0 aliphatic carbocycles. The summed E-state index contributed by atoms with van der Waals surface area (Å²) in [6.45, 7) is 42.9. The fraction of sp³-hybridized carbons (Fsp3) is 1.00. The summed E-state index contributed by atoms with van der Waals surface area (Å²) in [7, 11) is 0.0324. The van der Waals surface area contributed by atoms with Gasteiger partial charge in [-0.3, -0.25) is 0 Å². The van der Waals surface area contributed by atoms with E-state index in [9.17, 15) is 0 Å². The fourth-order valence-electron chi connectivity index (χ4n) is 6.04. The Labute approximate surface area is 257 Å². The molecule has 0 saturated heterocycles. The van der Waals surface area contributed by atoms with Crippen molar-refractivity contribution in [3.63, 3.8) is 0 Å². The Morgan fingerprint density at radius 2 is 0.333 bits per heavy atom. The Morgan fingerprint density at radius 1 is 0.267 bits per heavy atom. The molecule has 30 heavy (non-hydrogen) atoms. The Balaban J connectivity index is -0.0000000847. The molecule has 0 fully saturated rings. The standard InChI is InChI=1S/2C12H27P.2HI.2Pd/c2*1-10(2,3)13(11(4,5)6)12(7,8)9;;;;/h2*1-9H3;2*1H;;/p-2. The van der Waals surface area contributed by atoms with Crippen LogP contribution in [0.3, 0.4) is 0 Å². The van der Waals surface area contributed by atoms with Crippen LogP contribution in [0.4, 0.5) is 0 Å². The van der Waals surface area contributed by atoms with Gasteiger partial charge in [0.1, 0.15) is 0 Å². The van der Waals surface area contributed by atoms with E-state index in [-0.39, 0.29) is 105 Å². The van der Waals surface area contributed by atoms with E-state index < -0.39 is 0 Å². The Kier molecular flexibility index (Phi) is 24.5. The minimum atomic E-state index is 0. The Bertz CT molecular complexity index is 318. The molecule has 0 aliphatic rings. The molecule has 0 atom stereocenters. The van der Waals surface area contributed by atoms with Gasteiger partial charge in [-0.2, -0.15) is 0 Å². The van der Waals surface area contributed by atoms with Gasteiger partial charge in [0.25, 0.3) is 0 Å². The van der Waals surface area contributed by atoms with Crippen LogP contribution >= 0.6 is 15.8 Å². The summed E-state index contributed by atoms with van der Waals surface area (Å²) in [5.41, 5.74) is 0. The molecule has 0 heterocycles. The molecule has 0 aromatic heterocycles. The molecule has 6 heteroatoms. The minimum absolute atomic E-state index is 0. The third-order valence-electron chi connectivity index (χ3n) is 4.02. The van der Waals surface area contributed by atoms with Crippen molar-refractivity contribution in [3.05, 3.63) is 0 Å². The van der Waals surface area contributed by atoms with Gasteiger partial charge in [-0.25, -0.2) is 0 Å². The van der Waals surface area contributed by atoms with Crippen molar-refractivity contribution < 1.29 is 88.8 Å². The maximum Gasteiger partial charge on any atom is 0 e. The van der Waals surface area contributed by atoms with E-state index in [0.717, 1.165) is 0 Å². The van der Waals surface area contributed by atoms with E-state index >= 15 is 0 Å². The average Bonchev–Trinajstić information content (AvgIpc) is 1.97. The van der Waals surface area contributed by atoms with E-state index in [1.165, 1.54) is 0 Å². The van der Waals surface area contributed by atoms with Crippen LogP contribution in [0.15, 0.2) is 0 Å². The Morgan fingerprint density at radius 3 is 0.333 bits per heavy atom. The van der Waals surface area contributed by atoms with Gasteiger partial charge in [-0.15, -0.1) is 0 Å². The summed E-state index contributed by atoms with van der Waals surface area (Å²) in [6.07, 6.45) is 0. The van der Waals surface area contributed by atoms with E-state index in [1.807, 2.05) is 0 Å². The molecule has 0 N–H and O–H groups in total. The van der Waals surface area contributed by atoms with Gasteiger partial charge in [0.2, 0.25) is 0 Å². The number of halogens is 2. The van der Waals surface area contributed by atoms with E-state index in [2.05, 4.69) is 125 Å². The SMILES string of the molecule is CC(C)(C)P(C(C)(C)C)C(C)(C)C.CC(C)(C)P(C(C)(C)C)C(C)(C)C.[I-].[I-].[Pd].[Pd]. The van der Waals surface area contributed by atoms with E-state index in [4.69, 9.17) is 0 Å². The van der Waals surface area contributed by atoms with Gasteiger partial charge < -0.3 is 48.0 Å². The maximum absolute atomic E-state index is 2.38. The third-order valence-corrected chi connectivity index (χ3v) is 12.1. The van der Waals surface area contributed by atoms with Gasteiger partial charge in [0, 0.05) is 40.8 Å². The van der Waals surface area contributed by atoms with Crippen molar-refractivity contribution in [2.75, 3.05) is 0 Å². The first-order chi connectivity index (χ1) is 10.7. The summed E-state index contributed by atoms with van der Waals surface area (Å²) in [6, 6.07) is 0. The van der Waals surface area contributed by atoms with Crippen molar-refractivity contribution in [2.45, 2.75) is 156 Å². The van der Waals surface area contributed by atoms with Crippen LogP contribution in [-0.2, 0) is 40.8 Å². The first kappa shape index (κ1) is 46.9. The second-order valence-corrected chi connectivity index (χ2v) is 23.1. The minimum Gasteiger partial charge on any atom is -1.00 e. The van der Waals surface area contributed by atoms with E-state index in [0.29, 0.717) is 30.9 Å². The second-order valence-electron chi connectivity index (χ2n) is 13.7. The van der Waals surface area contributed by atoms with Gasteiger partial charge in [0.15, 0.2) is 0 Å². The smallest absolute Gasteiger partial charge is 0 e. The van der Waals surface area contributed by atoms with Crippen molar-refractivity contribution in [1.82, 2.24) is 0 Å². The van der Waals surface area contributed by atoms with Crippen LogP contribution < -0.4 is 48.0 Å². The van der Waals surface area contributed by atoms with Crippen LogP contribution in [0, 0.1) is 0 Å². The Hall–Kier alpha value is 3.64. The molecule has 0 rings (SSSR count). The van der Waals surface area contributed by atoms with Crippen LogP contribution in [0.2, 0.25) is 0 Å². The van der Waals surface area contributed by atoms with Crippen molar-refractivity contribution in [1.29, 1.82) is 0 Å². The van der Waals surface area contributed by atoms with Gasteiger partial charge in [0.05, 0.1) is 0 Å². The maximum atomic E-state index is 2.38. The molecule has 0 aromatic rings. The normalized spacial score (nSPS) is 13.2. The molecule has 196 valence electrons. The van der Waals surface area contributed by atoms with Crippen molar-refractivity contribution >= 4 is 15.8 Å². The first-order valence-corrected chi connectivity index (χ1v) is 13.0. The van der Waals surface area contributed by atoms with Crippen molar-refractivity contribution in [3.8, 4) is 0 Å². The first-order valence-electron chi connectivity index (χ1n) is 10.3. The molecule has 0 nitrogen and oxygen atoms in total. The largest absolute Gasteiger partial charge is 1.00 e. The summed E-state index contributed by atoms with van der Waals surface area (Å²) in [5.74, 6) is 0. The zero-order valence-electron chi connectivity index (χ0n) is 23.3. The molecule has 0 bridgehead atoms. The third kappa shape index (κ3) is 18.9. The predicted molar refractivity (Wildman–Crippen MR) is 132 cm³/mol. The monoisotopic (exact) mass is 870 g/mol. The molecule has 0 amide bonds. The van der Waals surface area contributed by atoms with Crippen LogP contribution in [0.25, 0.3) is 0 Å². The summed E-state index contributed by atoms with van der Waals surface area (Å²) in [5, 5.41) is 2.70. The van der Waals surface area contributed by atoms with Crippen LogP contribution in [0.5, 0.6) is 0 Å². The van der Waals surface area contributed by atoms with E-state index in [1.54, 1.807) is 0 Å². The molecule has 0 saturated carbocycles. The topological polar surface area (TPSA) is 0 Å². The summed E-state index contributed by atoms with van der Waals surface area (Å²) < 4.78 is 0. The molecule has 0 radical (unpaired) electrons. The summed E-state index contributed by atoms with van der Waals surface area (Å²) >= 11 is 0. The molecular weight excluding hydrogens is 817 g/mol. The second kappa shape index (κ2) is 15.7. The van der Waals surface area contributed by atoms with Gasteiger partial charge in [-0.1, -0.05) is 140 Å². The fourth-order valence-corrected chi connectivity index (χ4v) is 18.1. The zero-order chi connectivity index (χ0) is 22.2. The van der Waals surface area contributed by atoms with Gasteiger partial charge >= 0.3 is 0 Å². The van der Waals surface area contributed by atoms with Gasteiger partial charge in [-0.05, 0) is 30.9 Å². The molecule has 0 aliphatic heterocycles. The number of hydrogen-bond donors (Lipinski definition) is 0. The van der Waals surface area contributed by atoms with Crippen molar-refractivity contribution in [2.24, 2.45) is 0 Å². The molecule has 0 unspecified atom stereocenters. The molecular formula is C24H54I2P2Pd2-2. The van der Waals surface area contributed by atoms with Crippen LogP contribution in [-0.4, -0.2) is 30.9 Å². The van der Waals surface area contributed by atoms with Crippen LogP contribution in [0.1, 0.15) is 125 Å². The predicted octanol–water partition coefficient (Wildman–Crippen LogP) is 3.73. The quantitative estimate of drug-likeness (QED) is 0.198. The number of hydrogen-bond acceptors (Lipinski definition) is 0. The average molecular weight is 871 g/mol.